The van der Waals surface area contributed by atoms with Gasteiger partial charge in [-0.15, -0.1) is 0 Å². The predicted octanol–water partition coefficient (Wildman–Crippen LogP) is 7.67. The first-order chi connectivity index (χ1) is 21.3. The monoisotopic (exact) mass is 618 g/mol. The number of nitrogens with zero attached hydrogens (tertiary/aromatic N) is 2. The van der Waals surface area contributed by atoms with E-state index in [0.717, 1.165) is 105 Å². The maximum absolute atomic E-state index is 6.77. The van der Waals surface area contributed by atoms with Gasteiger partial charge in [0.25, 0.3) is 0 Å². The van der Waals surface area contributed by atoms with Crippen molar-refractivity contribution in [1.29, 1.82) is 0 Å². The molecule has 236 valence electrons. The summed E-state index contributed by atoms with van der Waals surface area (Å²) in [7, 11) is 0. The summed E-state index contributed by atoms with van der Waals surface area (Å²) in [6.07, 6.45) is 3.45. The van der Waals surface area contributed by atoms with Gasteiger partial charge in [0.1, 0.15) is 23.7 Å². The van der Waals surface area contributed by atoms with Crippen molar-refractivity contribution in [2.45, 2.75) is 77.5 Å². The normalized spacial score (nSPS) is 23.1. The van der Waals surface area contributed by atoms with E-state index in [-0.39, 0.29) is 17.8 Å². The van der Waals surface area contributed by atoms with Crippen LogP contribution in [0.5, 0.6) is 11.5 Å². The Morgan fingerprint density at radius 3 is 2.55 bits per heavy atom. The highest BCUT2D eigenvalue weighted by molar-refractivity contribution is 6.30. The van der Waals surface area contributed by atoms with Crippen molar-refractivity contribution in [1.82, 2.24) is 9.80 Å². The summed E-state index contributed by atoms with van der Waals surface area (Å²) in [6.45, 7) is 14.3. The molecule has 2 fully saturated rings. The first kappa shape index (κ1) is 31.4. The van der Waals surface area contributed by atoms with Gasteiger partial charge in [0.15, 0.2) is 0 Å². The van der Waals surface area contributed by atoms with Crippen molar-refractivity contribution in [2.24, 2.45) is 5.92 Å². The topological polar surface area (TPSA) is 43.4 Å². The van der Waals surface area contributed by atoms with Crippen LogP contribution in [0.1, 0.15) is 68.4 Å². The third-order valence-corrected chi connectivity index (χ3v) is 9.61. The van der Waals surface area contributed by atoms with Gasteiger partial charge >= 0.3 is 0 Å². The third kappa shape index (κ3) is 7.78. The maximum atomic E-state index is 6.77. The molecule has 44 heavy (non-hydrogen) atoms. The molecule has 0 bridgehead atoms. The molecule has 0 saturated carbocycles. The van der Waals surface area contributed by atoms with Crippen LogP contribution in [-0.2, 0) is 29.2 Å². The van der Waals surface area contributed by atoms with Crippen LogP contribution >= 0.6 is 11.6 Å². The van der Waals surface area contributed by atoms with E-state index in [2.05, 4.69) is 79.1 Å². The van der Waals surface area contributed by atoms with E-state index in [1.807, 2.05) is 18.2 Å². The number of ether oxygens (including phenoxy) is 4. The minimum absolute atomic E-state index is 0.00158. The summed E-state index contributed by atoms with van der Waals surface area (Å²) in [5.74, 6) is 2.13. The summed E-state index contributed by atoms with van der Waals surface area (Å²) in [4.78, 5) is 5.02. The maximum Gasteiger partial charge on any atom is 0.126 e. The Bertz CT molecular complexity index is 1380. The number of morpholine rings is 1. The molecular formula is C37H47ClN2O4. The van der Waals surface area contributed by atoms with Crippen molar-refractivity contribution in [2.75, 3.05) is 39.4 Å². The SMILES string of the molecule is C[C@H]1CC[C@H]2[C@H](O1)c1cc(OCc3ccccc3)c(CN(CCCN3CCOCC3)Cc3cccc(Cl)c3)cc1OC2(C)C. The second-order valence-electron chi connectivity index (χ2n) is 13.2. The Morgan fingerprint density at radius 2 is 1.75 bits per heavy atom. The molecule has 0 amide bonds. The molecule has 3 heterocycles. The Morgan fingerprint density at radius 1 is 0.955 bits per heavy atom. The van der Waals surface area contributed by atoms with E-state index >= 15 is 0 Å². The van der Waals surface area contributed by atoms with Gasteiger partial charge in [0.05, 0.1) is 25.4 Å². The van der Waals surface area contributed by atoms with Crippen molar-refractivity contribution >= 4 is 11.6 Å². The van der Waals surface area contributed by atoms with Crippen LogP contribution in [0.4, 0.5) is 0 Å². The smallest absolute Gasteiger partial charge is 0.126 e. The zero-order valence-electron chi connectivity index (χ0n) is 26.5. The van der Waals surface area contributed by atoms with Crippen molar-refractivity contribution in [3.05, 3.63) is 94.0 Å². The van der Waals surface area contributed by atoms with E-state index in [1.165, 1.54) is 5.56 Å². The number of halogens is 1. The lowest BCUT2D eigenvalue weighted by Gasteiger charge is -2.48. The Kier molecular flexibility index (Phi) is 10.1. The fourth-order valence-corrected chi connectivity index (χ4v) is 7.17. The fourth-order valence-electron chi connectivity index (χ4n) is 6.95. The Hall–Kier alpha value is -2.61. The molecule has 0 aromatic heterocycles. The Balaban J connectivity index is 1.30. The molecule has 7 heteroatoms. The molecule has 0 spiro atoms. The zero-order valence-corrected chi connectivity index (χ0v) is 27.2. The quantitative estimate of drug-likeness (QED) is 0.220. The highest BCUT2D eigenvalue weighted by Crippen LogP contribution is 2.52. The van der Waals surface area contributed by atoms with Crippen LogP contribution in [0.15, 0.2) is 66.7 Å². The molecule has 2 saturated heterocycles. The molecule has 6 rings (SSSR count). The first-order valence-electron chi connectivity index (χ1n) is 16.3. The number of hydrogen-bond acceptors (Lipinski definition) is 6. The largest absolute Gasteiger partial charge is 0.489 e. The van der Waals surface area contributed by atoms with Crippen LogP contribution in [0.25, 0.3) is 0 Å². The van der Waals surface area contributed by atoms with E-state index in [4.69, 9.17) is 30.5 Å². The number of benzene rings is 3. The predicted molar refractivity (Wildman–Crippen MR) is 175 cm³/mol. The lowest BCUT2D eigenvalue weighted by atomic mass is 9.75. The lowest BCUT2D eigenvalue weighted by Crippen LogP contribution is -2.48. The van der Waals surface area contributed by atoms with Gasteiger partial charge in [0, 0.05) is 54.8 Å². The van der Waals surface area contributed by atoms with E-state index in [1.54, 1.807) is 0 Å². The molecule has 6 nitrogen and oxygen atoms in total. The second kappa shape index (κ2) is 14.2. The van der Waals surface area contributed by atoms with E-state index in [0.29, 0.717) is 12.5 Å². The van der Waals surface area contributed by atoms with Gasteiger partial charge in [0.2, 0.25) is 0 Å². The molecule has 3 atom stereocenters. The number of rotatable bonds is 11. The average molecular weight is 619 g/mol. The van der Waals surface area contributed by atoms with Crippen LogP contribution in [0.2, 0.25) is 5.02 Å². The van der Waals surface area contributed by atoms with Crippen molar-refractivity contribution in [3.8, 4) is 11.5 Å². The van der Waals surface area contributed by atoms with Gasteiger partial charge in [-0.2, -0.15) is 0 Å². The molecule has 0 aliphatic carbocycles. The molecule has 3 aromatic rings. The van der Waals surface area contributed by atoms with Gasteiger partial charge < -0.3 is 18.9 Å². The number of fused-ring (bicyclic) bond motifs is 3. The minimum atomic E-state index is -0.305. The summed E-state index contributed by atoms with van der Waals surface area (Å²) >= 11 is 6.41. The van der Waals surface area contributed by atoms with Gasteiger partial charge in [-0.3, -0.25) is 9.80 Å². The van der Waals surface area contributed by atoms with Crippen LogP contribution in [-0.4, -0.2) is 60.9 Å². The summed E-state index contributed by atoms with van der Waals surface area (Å²) < 4.78 is 25.6. The van der Waals surface area contributed by atoms with Gasteiger partial charge in [-0.25, -0.2) is 0 Å². The summed E-state index contributed by atoms with van der Waals surface area (Å²) in [5.41, 5.74) is 4.29. The van der Waals surface area contributed by atoms with Crippen LogP contribution in [0.3, 0.4) is 0 Å². The highest BCUT2D eigenvalue weighted by Gasteiger charge is 2.47. The van der Waals surface area contributed by atoms with Crippen molar-refractivity contribution < 1.29 is 18.9 Å². The third-order valence-electron chi connectivity index (χ3n) is 9.37. The Labute approximate surface area is 268 Å². The van der Waals surface area contributed by atoms with E-state index in [9.17, 15) is 0 Å². The second-order valence-corrected chi connectivity index (χ2v) is 13.6. The highest BCUT2D eigenvalue weighted by atomic mass is 35.5. The lowest BCUT2D eigenvalue weighted by molar-refractivity contribution is -0.144. The zero-order chi connectivity index (χ0) is 30.5. The molecule has 0 radical (unpaired) electrons. The first-order valence-corrected chi connectivity index (χ1v) is 16.7. The van der Waals surface area contributed by atoms with Crippen molar-refractivity contribution in [3.63, 3.8) is 0 Å². The summed E-state index contributed by atoms with van der Waals surface area (Å²) in [6, 6.07) is 23.0. The molecule has 3 aliphatic rings. The number of hydrogen-bond donors (Lipinski definition) is 0. The van der Waals surface area contributed by atoms with Gasteiger partial charge in [-0.05, 0) is 82.0 Å². The molecule has 0 N–H and O–H groups in total. The standard InChI is InChI=1S/C37H47ClN2O4/c1-27-13-14-33-36(43-27)32-23-34(42-26-28-9-5-4-6-10-28)30(22-35(32)44-37(33,2)3)25-40(24-29-11-7-12-31(38)21-29)16-8-15-39-17-19-41-20-18-39/h4-7,9-12,21-23,27,33,36H,8,13-20,24-26H2,1-3H3/t27-,33-,36+/m0/s1. The molecule has 3 aliphatic heterocycles. The van der Waals surface area contributed by atoms with Crippen LogP contribution < -0.4 is 9.47 Å². The minimum Gasteiger partial charge on any atom is -0.489 e. The molecule has 0 unspecified atom stereocenters. The van der Waals surface area contributed by atoms with E-state index < -0.39 is 0 Å². The fraction of sp³-hybridized carbons (Fsp3) is 0.514. The summed E-state index contributed by atoms with van der Waals surface area (Å²) in [5, 5.41) is 0.767. The van der Waals surface area contributed by atoms with Crippen LogP contribution in [0, 0.1) is 5.92 Å². The average Bonchev–Trinajstić information content (AvgIpc) is 3.01. The van der Waals surface area contributed by atoms with Gasteiger partial charge in [-0.1, -0.05) is 54.1 Å². The molecular weight excluding hydrogens is 572 g/mol. The molecule has 3 aromatic carbocycles.